The molecule has 0 saturated heterocycles. The highest BCUT2D eigenvalue weighted by molar-refractivity contribution is 8.01. The monoisotopic (exact) mass is 446 g/mol. The summed E-state index contributed by atoms with van der Waals surface area (Å²) in [6, 6.07) is 11.5. The van der Waals surface area contributed by atoms with Crippen LogP contribution in [0.4, 0.5) is 28.9 Å². The topological polar surface area (TPSA) is 58.2 Å². The molecular formula is C19H18F4N2O2S2. The van der Waals surface area contributed by atoms with Crippen LogP contribution in [-0.2, 0) is 9.59 Å². The molecular weight excluding hydrogens is 428 g/mol. The third-order valence-electron chi connectivity index (χ3n) is 3.50. The first-order valence-electron chi connectivity index (χ1n) is 8.40. The van der Waals surface area contributed by atoms with Crippen LogP contribution >= 0.6 is 23.5 Å². The average Bonchev–Trinajstić information content (AvgIpc) is 2.66. The van der Waals surface area contributed by atoms with Crippen LogP contribution in [0.15, 0.2) is 53.4 Å². The van der Waals surface area contributed by atoms with E-state index in [0.29, 0.717) is 22.3 Å². The van der Waals surface area contributed by atoms with Gasteiger partial charge in [-0.05, 0) is 43.3 Å². The van der Waals surface area contributed by atoms with Gasteiger partial charge in [0.15, 0.2) is 0 Å². The zero-order chi connectivity index (χ0) is 21.4. The Kier molecular flexibility index (Phi) is 8.39. The summed E-state index contributed by atoms with van der Waals surface area (Å²) in [5.41, 5.74) is 0.722. The molecule has 0 bridgehead atoms. The normalized spacial score (nSPS) is 12.3. The Balaban J connectivity index is 1.86. The van der Waals surface area contributed by atoms with E-state index >= 15 is 0 Å². The molecule has 29 heavy (non-hydrogen) atoms. The van der Waals surface area contributed by atoms with Gasteiger partial charge in [0.05, 0.1) is 22.4 Å². The molecule has 0 aliphatic heterocycles. The molecule has 0 heterocycles. The van der Waals surface area contributed by atoms with E-state index in [9.17, 15) is 27.2 Å². The van der Waals surface area contributed by atoms with E-state index in [1.54, 1.807) is 19.1 Å². The molecule has 10 heteroatoms. The van der Waals surface area contributed by atoms with Crippen molar-refractivity contribution < 1.29 is 27.2 Å². The van der Waals surface area contributed by atoms with Crippen LogP contribution in [0.2, 0.25) is 0 Å². The first-order chi connectivity index (χ1) is 13.6. The Morgan fingerprint density at radius 2 is 1.69 bits per heavy atom. The Bertz CT molecular complexity index is 845. The molecule has 4 nitrogen and oxygen atoms in total. The van der Waals surface area contributed by atoms with Crippen molar-refractivity contribution in [2.45, 2.75) is 23.2 Å². The van der Waals surface area contributed by atoms with Crippen molar-refractivity contribution in [2.75, 3.05) is 22.1 Å². The van der Waals surface area contributed by atoms with Crippen LogP contribution < -0.4 is 10.6 Å². The van der Waals surface area contributed by atoms with Gasteiger partial charge in [0.1, 0.15) is 5.82 Å². The maximum atomic E-state index is 12.9. The number of amides is 2. The lowest BCUT2D eigenvalue weighted by molar-refractivity contribution is -0.115. The van der Waals surface area contributed by atoms with Crippen molar-refractivity contribution in [3.8, 4) is 0 Å². The van der Waals surface area contributed by atoms with Crippen molar-refractivity contribution in [1.82, 2.24) is 0 Å². The number of anilines is 2. The molecule has 1 atom stereocenters. The molecule has 0 saturated carbocycles. The number of hydrogen-bond donors (Lipinski definition) is 2. The molecule has 2 rings (SSSR count). The lowest BCUT2D eigenvalue weighted by Gasteiger charge is -2.15. The Labute approximate surface area is 173 Å². The minimum Gasteiger partial charge on any atom is -0.325 e. The van der Waals surface area contributed by atoms with E-state index in [-0.39, 0.29) is 17.3 Å². The summed E-state index contributed by atoms with van der Waals surface area (Å²) in [6.07, 6.45) is -4.32. The van der Waals surface area contributed by atoms with Crippen LogP contribution in [0.1, 0.15) is 6.92 Å². The Hall–Kier alpha value is -2.20. The largest absolute Gasteiger partial charge is 0.398 e. The van der Waals surface area contributed by atoms with Gasteiger partial charge in [-0.1, -0.05) is 12.1 Å². The maximum Gasteiger partial charge on any atom is 0.398 e. The number of para-hydroxylation sites is 1. The van der Waals surface area contributed by atoms with E-state index in [1.807, 2.05) is 0 Å². The Morgan fingerprint density at radius 1 is 1.03 bits per heavy atom. The summed E-state index contributed by atoms with van der Waals surface area (Å²) in [7, 11) is 0. The number of alkyl halides is 3. The molecule has 2 amide bonds. The molecule has 2 aromatic rings. The number of benzene rings is 2. The summed E-state index contributed by atoms with van der Waals surface area (Å²) in [6.45, 7) is 1.59. The average molecular weight is 446 g/mol. The van der Waals surface area contributed by atoms with Gasteiger partial charge >= 0.3 is 6.18 Å². The molecule has 156 valence electrons. The fourth-order valence-corrected chi connectivity index (χ4v) is 3.55. The minimum atomic E-state index is -4.32. The first-order valence-corrected chi connectivity index (χ1v) is 10.4. The highest BCUT2D eigenvalue weighted by Crippen LogP contribution is 2.32. The molecule has 0 aromatic heterocycles. The van der Waals surface area contributed by atoms with Crippen LogP contribution in [-0.4, -0.2) is 34.7 Å². The molecule has 2 aromatic carbocycles. The lowest BCUT2D eigenvalue weighted by atomic mass is 10.3. The van der Waals surface area contributed by atoms with Crippen molar-refractivity contribution in [3.05, 3.63) is 54.3 Å². The molecule has 2 N–H and O–H groups in total. The molecule has 0 radical (unpaired) electrons. The lowest BCUT2D eigenvalue weighted by Crippen LogP contribution is -2.25. The van der Waals surface area contributed by atoms with Crippen LogP contribution in [0, 0.1) is 5.82 Å². The maximum absolute atomic E-state index is 12.9. The number of halogens is 4. The number of nitrogens with one attached hydrogen (secondary N) is 2. The quantitative estimate of drug-likeness (QED) is 0.433. The number of carbonyl (C=O) groups is 2. The van der Waals surface area contributed by atoms with E-state index in [2.05, 4.69) is 10.6 Å². The zero-order valence-corrected chi connectivity index (χ0v) is 16.9. The predicted molar refractivity (Wildman–Crippen MR) is 109 cm³/mol. The fraction of sp³-hybridized carbons (Fsp3) is 0.263. The molecule has 0 fully saturated rings. The summed E-state index contributed by atoms with van der Waals surface area (Å²) in [5, 5.41) is 4.57. The Morgan fingerprint density at radius 3 is 2.34 bits per heavy atom. The number of carbonyl (C=O) groups excluding carboxylic acids is 2. The zero-order valence-electron chi connectivity index (χ0n) is 15.3. The van der Waals surface area contributed by atoms with Crippen LogP contribution in [0.3, 0.4) is 0 Å². The van der Waals surface area contributed by atoms with Gasteiger partial charge in [0.2, 0.25) is 11.8 Å². The fourth-order valence-electron chi connectivity index (χ4n) is 2.10. The van der Waals surface area contributed by atoms with Gasteiger partial charge in [-0.3, -0.25) is 9.59 Å². The van der Waals surface area contributed by atoms with Gasteiger partial charge in [-0.15, -0.1) is 23.5 Å². The van der Waals surface area contributed by atoms with Gasteiger partial charge in [0.25, 0.3) is 0 Å². The van der Waals surface area contributed by atoms with E-state index in [4.69, 9.17) is 0 Å². The van der Waals surface area contributed by atoms with Gasteiger partial charge in [0, 0.05) is 10.6 Å². The molecule has 0 aliphatic carbocycles. The third-order valence-corrected chi connectivity index (χ3v) is 5.78. The summed E-state index contributed by atoms with van der Waals surface area (Å²) in [4.78, 5) is 24.6. The SMILES string of the molecule is CC(SCC(=O)Nc1ccc(F)cc1)C(=O)Nc1ccccc1SCC(F)(F)F. The summed E-state index contributed by atoms with van der Waals surface area (Å²) < 4.78 is 50.2. The summed E-state index contributed by atoms with van der Waals surface area (Å²) >= 11 is 1.66. The van der Waals surface area contributed by atoms with Gasteiger partial charge in [-0.25, -0.2) is 4.39 Å². The van der Waals surface area contributed by atoms with Gasteiger partial charge in [-0.2, -0.15) is 13.2 Å². The van der Waals surface area contributed by atoms with Crippen molar-refractivity contribution in [3.63, 3.8) is 0 Å². The highest BCUT2D eigenvalue weighted by atomic mass is 32.2. The highest BCUT2D eigenvalue weighted by Gasteiger charge is 2.28. The second-order valence-electron chi connectivity index (χ2n) is 5.90. The number of thioether (sulfide) groups is 2. The van der Waals surface area contributed by atoms with E-state index in [1.165, 1.54) is 36.4 Å². The van der Waals surface area contributed by atoms with Crippen molar-refractivity contribution in [2.24, 2.45) is 0 Å². The van der Waals surface area contributed by atoms with Crippen molar-refractivity contribution >= 4 is 46.7 Å². The van der Waals surface area contributed by atoms with E-state index < -0.39 is 28.9 Å². The first kappa shape index (κ1) is 23.1. The third kappa shape index (κ3) is 8.36. The van der Waals surface area contributed by atoms with E-state index in [0.717, 1.165) is 11.8 Å². The van der Waals surface area contributed by atoms with Crippen LogP contribution in [0.5, 0.6) is 0 Å². The van der Waals surface area contributed by atoms with Crippen molar-refractivity contribution in [1.29, 1.82) is 0 Å². The molecule has 1 unspecified atom stereocenters. The molecule has 0 spiro atoms. The number of rotatable bonds is 8. The minimum absolute atomic E-state index is 0.0174. The summed E-state index contributed by atoms with van der Waals surface area (Å²) in [5.74, 6) is -2.28. The second-order valence-corrected chi connectivity index (χ2v) is 8.24. The van der Waals surface area contributed by atoms with Gasteiger partial charge < -0.3 is 10.6 Å². The van der Waals surface area contributed by atoms with Crippen LogP contribution in [0.25, 0.3) is 0 Å². The number of hydrogen-bond acceptors (Lipinski definition) is 4. The smallest absolute Gasteiger partial charge is 0.325 e. The predicted octanol–water partition coefficient (Wildman–Crippen LogP) is 5.18. The molecule has 0 aliphatic rings. The standard InChI is InChI=1S/C19H18F4N2O2S2/c1-12(28-10-17(26)24-14-8-6-13(20)7-9-14)18(27)25-15-4-2-3-5-16(15)29-11-19(21,22)23/h2-9,12H,10-11H2,1H3,(H,24,26)(H,25,27). The second kappa shape index (κ2) is 10.5.